The second-order valence-electron chi connectivity index (χ2n) is 10.5. The molecule has 0 spiro atoms. The first kappa shape index (κ1) is 37.7. The van der Waals surface area contributed by atoms with Crippen molar-refractivity contribution in [2.24, 2.45) is 0 Å². The van der Waals surface area contributed by atoms with E-state index in [9.17, 15) is 9.59 Å². The van der Waals surface area contributed by atoms with Crippen LogP contribution >= 0.6 is 0 Å². The predicted octanol–water partition coefficient (Wildman–Crippen LogP) is 8.92. The van der Waals surface area contributed by atoms with Gasteiger partial charge in [0.25, 0.3) is 0 Å². The lowest BCUT2D eigenvalue weighted by molar-refractivity contribution is -0.146. The van der Waals surface area contributed by atoms with Gasteiger partial charge in [0, 0.05) is 18.6 Å². The van der Waals surface area contributed by atoms with E-state index in [1.165, 1.54) is 89.9 Å². The molecule has 0 bridgehead atoms. The highest BCUT2D eigenvalue weighted by Crippen LogP contribution is 2.13. The van der Waals surface area contributed by atoms with E-state index in [1.807, 2.05) is 34.6 Å². The Kier molecular flexibility index (Phi) is 32.3. The van der Waals surface area contributed by atoms with Crippen molar-refractivity contribution in [3.8, 4) is 0 Å². The molecule has 0 heterocycles. The number of ether oxygens (including phenoxy) is 1. The zero-order valence-electron chi connectivity index (χ0n) is 24.9. The molecule has 0 aliphatic heterocycles. The van der Waals surface area contributed by atoms with Crippen molar-refractivity contribution in [1.82, 2.24) is 0 Å². The maximum Gasteiger partial charge on any atom is 0.668 e. The van der Waals surface area contributed by atoms with Crippen molar-refractivity contribution in [2.45, 2.75) is 176 Å². The average Bonchev–Trinajstić information content (AvgIpc) is 2.81. The molecule has 5 nitrogen and oxygen atoms in total. The van der Waals surface area contributed by atoms with Crippen LogP contribution in [-0.4, -0.2) is 46.5 Å². The van der Waals surface area contributed by atoms with Gasteiger partial charge in [-0.15, -0.1) is 0 Å². The van der Waals surface area contributed by atoms with Crippen LogP contribution in [0.15, 0.2) is 0 Å². The summed E-state index contributed by atoms with van der Waals surface area (Å²) in [6.45, 7) is 12.7. The highest BCUT2D eigenvalue weighted by molar-refractivity contribution is 6.18. The van der Waals surface area contributed by atoms with Crippen LogP contribution in [0, 0.1) is 0 Å². The molecule has 1 radical (unpaired) electrons. The van der Waals surface area contributed by atoms with Gasteiger partial charge in [0.15, 0.2) is 0 Å². The van der Waals surface area contributed by atoms with E-state index in [0.29, 0.717) is 25.2 Å². The molecule has 0 aromatic carbocycles. The minimum Gasteiger partial charge on any atom is -0.482 e. The Hall–Kier alpha value is -0.408. The van der Waals surface area contributed by atoms with Crippen molar-refractivity contribution in [1.29, 1.82) is 0 Å². The number of hydrogen-bond donors (Lipinski definition) is 0. The molecule has 0 amide bonds. The topological polar surface area (TPSA) is 61.8 Å². The SMILES string of the molecule is CC(C)[O][Al][O]C(C)C.CCCCCCCCCCCCCCCCCCOC(=O)CC(=O)CCC. The van der Waals surface area contributed by atoms with Crippen LogP contribution in [0.1, 0.15) is 164 Å². The molecule has 213 valence electrons. The van der Waals surface area contributed by atoms with Gasteiger partial charge in [-0.05, 0) is 40.5 Å². The van der Waals surface area contributed by atoms with Gasteiger partial charge < -0.3 is 12.3 Å². The van der Waals surface area contributed by atoms with Gasteiger partial charge in [-0.2, -0.15) is 0 Å². The Labute approximate surface area is 231 Å². The van der Waals surface area contributed by atoms with Crippen molar-refractivity contribution in [3.63, 3.8) is 0 Å². The maximum atomic E-state index is 11.4. The second kappa shape index (κ2) is 30.8. The Morgan fingerprint density at radius 2 is 0.972 bits per heavy atom. The van der Waals surface area contributed by atoms with E-state index < -0.39 is 0 Å². The monoisotopic (exact) mass is 527 g/mol. The van der Waals surface area contributed by atoms with E-state index in [4.69, 9.17) is 12.3 Å². The average molecular weight is 528 g/mol. The first-order chi connectivity index (χ1) is 17.3. The van der Waals surface area contributed by atoms with E-state index in [2.05, 4.69) is 6.92 Å². The molecular formula is C30H60AlO5. The number of carbonyl (C=O) groups excluding carboxylic acids is 2. The quantitative estimate of drug-likeness (QED) is 0.0513. The molecule has 0 N–H and O–H groups in total. The van der Waals surface area contributed by atoms with E-state index in [-0.39, 0.29) is 34.1 Å². The first-order valence-electron chi connectivity index (χ1n) is 15.1. The molecule has 0 aliphatic rings. The van der Waals surface area contributed by atoms with E-state index >= 15 is 0 Å². The molecule has 0 aromatic heterocycles. The number of Topliss-reactive ketones (excluding diaryl/α,β-unsaturated/α-hetero) is 1. The van der Waals surface area contributed by atoms with Gasteiger partial charge in [0.1, 0.15) is 12.2 Å². The van der Waals surface area contributed by atoms with Crippen LogP contribution in [0.5, 0.6) is 0 Å². The van der Waals surface area contributed by atoms with E-state index in [0.717, 1.165) is 19.3 Å². The van der Waals surface area contributed by atoms with Gasteiger partial charge in [-0.25, -0.2) is 0 Å². The molecule has 6 heteroatoms. The molecule has 0 rings (SSSR count). The maximum absolute atomic E-state index is 11.4. The third kappa shape index (κ3) is 35.8. The fourth-order valence-electron chi connectivity index (χ4n) is 3.67. The van der Waals surface area contributed by atoms with Gasteiger partial charge in [-0.1, -0.05) is 110 Å². The van der Waals surface area contributed by atoms with Crippen molar-refractivity contribution >= 4 is 27.6 Å². The van der Waals surface area contributed by atoms with Gasteiger partial charge in [-0.3, -0.25) is 9.59 Å². The molecule has 36 heavy (non-hydrogen) atoms. The summed E-state index contributed by atoms with van der Waals surface area (Å²) in [5.41, 5.74) is 0. The van der Waals surface area contributed by atoms with Gasteiger partial charge >= 0.3 is 21.9 Å². The van der Waals surface area contributed by atoms with Crippen LogP contribution < -0.4 is 0 Å². The standard InChI is InChI=1S/C24H46O3.2C3H7O.Al/c1-3-5-6-7-8-9-10-11-12-13-14-15-16-17-18-19-21-27-24(26)22-23(25)20-4-2;2*1-3(2)4;/h3-22H2,1-2H3;2*3H,1-2H3;/q;2*-1;+2. The summed E-state index contributed by atoms with van der Waals surface area (Å²) in [4.78, 5) is 22.8. The summed E-state index contributed by atoms with van der Waals surface area (Å²) in [5, 5.41) is 0. The molecule has 0 fully saturated rings. The fourth-order valence-corrected chi connectivity index (χ4v) is 4.18. The fraction of sp³-hybridized carbons (Fsp3) is 0.933. The first-order valence-corrected chi connectivity index (χ1v) is 16.1. The second-order valence-corrected chi connectivity index (χ2v) is 11.2. The highest BCUT2D eigenvalue weighted by atomic mass is 27.2. The molecule has 0 atom stereocenters. The van der Waals surface area contributed by atoms with Crippen LogP contribution in [0.3, 0.4) is 0 Å². The lowest BCUT2D eigenvalue weighted by Crippen LogP contribution is -2.14. The van der Waals surface area contributed by atoms with Crippen molar-refractivity contribution in [3.05, 3.63) is 0 Å². The van der Waals surface area contributed by atoms with Gasteiger partial charge in [0.2, 0.25) is 0 Å². The Morgan fingerprint density at radius 1 is 0.583 bits per heavy atom. The number of unbranched alkanes of at least 4 members (excludes halogenated alkanes) is 15. The van der Waals surface area contributed by atoms with E-state index in [1.54, 1.807) is 0 Å². The summed E-state index contributed by atoms with van der Waals surface area (Å²) in [6.07, 6.45) is 23.2. The largest absolute Gasteiger partial charge is 0.668 e. The zero-order valence-corrected chi connectivity index (χ0v) is 26.1. The number of hydrogen-bond acceptors (Lipinski definition) is 5. The third-order valence-corrected chi connectivity index (χ3v) is 7.10. The Balaban J connectivity index is 0. The summed E-state index contributed by atoms with van der Waals surface area (Å²) in [7, 11) is 0. The van der Waals surface area contributed by atoms with Crippen LogP contribution in [0.25, 0.3) is 0 Å². The van der Waals surface area contributed by atoms with Crippen LogP contribution in [0.4, 0.5) is 0 Å². The number of carbonyl (C=O) groups is 2. The van der Waals surface area contributed by atoms with Gasteiger partial charge in [0.05, 0.1) is 6.61 Å². The van der Waals surface area contributed by atoms with Crippen molar-refractivity contribution in [2.75, 3.05) is 6.61 Å². The number of rotatable bonds is 25. The Bertz CT molecular complexity index is 460. The number of ketones is 1. The molecule has 0 aromatic rings. The summed E-state index contributed by atoms with van der Waals surface area (Å²) < 4.78 is 15.5. The lowest BCUT2D eigenvalue weighted by atomic mass is 10.0. The minimum absolute atomic E-state index is 0.00512. The third-order valence-electron chi connectivity index (χ3n) is 5.79. The summed E-state index contributed by atoms with van der Waals surface area (Å²) in [6, 6.07) is 0. The number of esters is 1. The highest BCUT2D eigenvalue weighted by Gasteiger charge is 2.09. The molecule has 0 saturated carbocycles. The molecular weight excluding hydrogens is 467 g/mol. The zero-order chi connectivity index (χ0) is 27.3. The lowest BCUT2D eigenvalue weighted by Gasteiger charge is -2.09. The van der Waals surface area contributed by atoms with Crippen molar-refractivity contribution < 1.29 is 21.9 Å². The molecule has 0 aliphatic carbocycles. The smallest absolute Gasteiger partial charge is 0.482 e. The summed E-state index contributed by atoms with van der Waals surface area (Å²) >= 11 is -0.245. The summed E-state index contributed by atoms with van der Waals surface area (Å²) in [5.74, 6) is -0.358. The molecule has 0 unspecified atom stereocenters. The Morgan fingerprint density at radius 3 is 1.33 bits per heavy atom. The van der Waals surface area contributed by atoms with Crippen LogP contribution in [0.2, 0.25) is 0 Å². The van der Waals surface area contributed by atoms with Crippen LogP contribution in [-0.2, 0) is 21.9 Å². The normalized spacial score (nSPS) is 10.9. The molecule has 0 saturated heterocycles. The minimum atomic E-state index is -0.352. The predicted molar refractivity (Wildman–Crippen MR) is 153 cm³/mol.